The van der Waals surface area contributed by atoms with Gasteiger partial charge >= 0.3 is 6.16 Å². The van der Waals surface area contributed by atoms with Crippen molar-refractivity contribution >= 4 is 6.16 Å². The normalized spacial score (nSPS) is 8.00. The average Bonchev–Trinajstić information content (AvgIpc) is 1.89. The van der Waals surface area contributed by atoms with Crippen molar-refractivity contribution in [2.75, 3.05) is 6.61 Å². The molecule has 0 heterocycles. The van der Waals surface area contributed by atoms with E-state index in [2.05, 4.69) is 15.9 Å². The van der Waals surface area contributed by atoms with Gasteiger partial charge in [-0.15, -0.1) is 0 Å². The number of carbonyl (C=O) groups is 1. The van der Waals surface area contributed by atoms with Crippen LogP contribution < -0.4 is 0 Å². The molecule has 0 rings (SSSR count). The molecule has 0 aromatic rings. The third-order valence-electron chi connectivity index (χ3n) is 0.860. The Kier molecular flexibility index (Phi) is 5.26. The van der Waals surface area contributed by atoms with E-state index in [0.29, 0.717) is 6.61 Å². The lowest BCUT2D eigenvalue weighted by atomic mass is 10.4. The third kappa shape index (κ3) is 4.98. The molecule has 0 fully saturated rings. The molecule has 0 bridgehead atoms. The van der Waals surface area contributed by atoms with Crippen molar-refractivity contribution in [1.29, 1.82) is 0 Å². The molecule has 0 aliphatic rings. The SMILES string of the molecule is C#COC(=O)OCCCC. The Morgan fingerprint density at radius 2 is 2.40 bits per heavy atom. The van der Waals surface area contributed by atoms with E-state index < -0.39 is 6.16 Å². The van der Waals surface area contributed by atoms with Crippen LogP contribution in [-0.4, -0.2) is 12.8 Å². The highest BCUT2D eigenvalue weighted by Crippen LogP contribution is 1.89. The van der Waals surface area contributed by atoms with Crippen LogP contribution in [0, 0.1) is 12.5 Å². The first-order valence-electron chi connectivity index (χ1n) is 3.10. The molecule has 0 radical (unpaired) electrons. The Bertz CT molecular complexity index is 134. The molecule has 0 aliphatic heterocycles. The fraction of sp³-hybridized carbons (Fsp3) is 0.571. The van der Waals surface area contributed by atoms with E-state index in [1.165, 1.54) is 0 Å². The maximum absolute atomic E-state index is 10.3. The van der Waals surface area contributed by atoms with Crippen LogP contribution in [0.4, 0.5) is 4.79 Å². The molecule has 0 N–H and O–H groups in total. The van der Waals surface area contributed by atoms with Crippen LogP contribution in [-0.2, 0) is 9.47 Å². The third-order valence-corrected chi connectivity index (χ3v) is 0.860. The summed E-state index contributed by atoms with van der Waals surface area (Å²) in [7, 11) is 0. The van der Waals surface area contributed by atoms with E-state index in [-0.39, 0.29) is 0 Å². The number of ether oxygens (including phenoxy) is 2. The average molecular weight is 142 g/mol. The number of unbranched alkanes of at least 4 members (excludes halogenated alkanes) is 1. The largest absolute Gasteiger partial charge is 0.522 e. The van der Waals surface area contributed by atoms with Crippen molar-refractivity contribution < 1.29 is 14.3 Å². The topological polar surface area (TPSA) is 35.5 Å². The molecule has 0 unspecified atom stereocenters. The van der Waals surface area contributed by atoms with Crippen LogP contribution in [0.3, 0.4) is 0 Å². The molecule has 0 saturated heterocycles. The summed E-state index contributed by atoms with van der Waals surface area (Å²) in [6.45, 7) is 2.37. The van der Waals surface area contributed by atoms with Gasteiger partial charge in [-0.3, -0.25) is 0 Å². The molecule has 0 amide bonds. The second-order valence-electron chi connectivity index (χ2n) is 1.67. The lowest BCUT2D eigenvalue weighted by Crippen LogP contribution is -2.04. The first kappa shape index (κ1) is 8.83. The summed E-state index contributed by atoms with van der Waals surface area (Å²) < 4.78 is 8.57. The molecule has 3 heteroatoms. The standard InChI is InChI=1S/C7H10O3/c1-3-5-6-10-7(8)9-4-2/h2H,3,5-6H2,1H3. The van der Waals surface area contributed by atoms with Gasteiger partial charge < -0.3 is 9.47 Å². The molecular weight excluding hydrogens is 132 g/mol. The van der Waals surface area contributed by atoms with E-state index in [9.17, 15) is 4.79 Å². The fourth-order valence-corrected chi connectivity index (χ4v) is 0.377. The molecule has 3 nitrogen and oxygen atoms in total. The van der Waals surface area contributed by atoms with Crippen LogP contribution >= 0.6 is 0 Å². The Morgan fingerprint density at radius 1 is 1.70 bits per heavy atom. The van der Waals surface area contributed by atoms with Crippen LogP contribution in [0.15, 0.2) is 0 Å². The minimum Gasteiger partial charge on any atom is -0.433 e. The monoisotopic (exact) mass is 142 g/mol. The van der Waals surface area contributed by atoms with E-state index in [1.807, 2.05) is 6.92 Å². The molecule has 0 aromatic carbocycles. The Balaban J connectivity index is 3.15. The van der Waals surface area contributed by atoms with Gasteiger partial charge in [-0.1, -0.05) is 19.8 Å². The Labute approximate surface area is 60.3 Å². The van der Waals surface area contributed by atoms with Crippen LogP contribution in [0.5, 0.6) is 0 Å². The highest BCUT2D eigenvalue weighted by Gasteiger charge is 1.98. The number of hydrogen-bond donors (Lipinski definition) is 0. The summed E-state index contributed by atoms with van der Waals surface area (Å²) in [5.41, 5.74) is 0. The van der Waals surface area contributed by atoms with Gasteiger partial charge in [0.05, 0.1) is 6.61 Å². The van der Waals surface area contributed by atoms with E-state index in [1.54, 1.807) is 6.11 Å². The minimum absolute atomic E-state index is 0.372. The van der Waals surface area contributed by atoms with E-state index >= 15 is 0 Å². The van der Waals surface area contributed by atoms with Gasteiger partial charge in [0.2, 0.25) is 0 Å². The maximum atomic E-state index is 10.3. The lowest BCUT2D eigenvalue weighted by molar-refractivity contribution is 0.0892. The molecule has 0 aliphatic carbocycles. The molecule has 0 atom stereocenters. The van der Waals surface area contributed by atoms with Crippen molar-refractivity contribution in [2.45, 2.75) is 19.8 Å². The van der Waals surface area contributed by atoms with E-state index in [0.717, 1.165) is 12.8 Å². The van der Waals surface area contributed by atoms with Crippen LogP contribution in [0.25, 0.3) is 0 Å². The maximum Gasteiger partial charge on any atom is 0.522 e. The predicted octanol–water partition coefficient (Wildman–Crippen LogP) is 1.53. The van der Waals surface area contributed by atoms with Gasteiger partial charge in [0.25, 0.3) is 0 Å². The van der Waals surface area contributed by atoms with Crippen molar-refractivity contribution in [3.8, 4) is 12.5 Å². The fourth-order valence-electron chi connectivity index (χ4n) is 0.377. The molecular formula is C7H10O3. The zero-order valence-corrected chi connectivity index (χ0v) is 5.92. The lowest BCUT2D eigenvalue weighted by Gasteiger charge is -1.98. The molecule has 0 saturated carbocycles. The minimum atomic E-state index is -0.795. The van der Waals surface area contributed by atoms with Crippen LogP contribution in [0.2, 0.25) is 0 Å². The summed E-state index contributed by atoms with van der Waals surface area (Å²) in [5.74, 6) is 0. The number of rotatable bonds is 3. The molecule has 10 heavy (non-hydrogen) atoms. The summed E-state index contributed by atoms with van der Waals surface area (Å²) in [6, 6.07) is 0. The van der Waals surface area contributed by atoms with Crippen molar-refractivity contribution in [2.24, 2.45) is 0 Å². The Morgan fingerprint density at radius 3 is 2.90 bits per heavy atom. The van der Waals surface area contributed by atoms with Gasteiger partial charge in [-0.25, -0.2) is 4.79 Å². The second-order valence-corrected chi connectivity index (χ2v) is 1.67. The summed E-state index contributed by atoms with van der Waals surface area (Å²) in [6.07, 6.45) is 7.39. The number of carbonyl (C=O) groups excluding carboxylic acids is 1. The summed E-state index contributed by atoms with van der Waals surface area (Å²) >= 11 is 0. The van der Waals surface area contributed by atoms with Gasteiger partial charge in [-0.2, -0.15) is 0 Å². The quantitative estimate of drug-likeness (QED) is 0.340. The molecule has 0 aromatic heterocycles. The smallest absolute Gasteiger partial charge is 0.433 e. The van der Waals surface area contributed by atoms with Crippen molar-refractivity contribution in [3.05, 3.63) is 0 Å². The van der Waals surface area contributed by atoms with Gasteiger partial charge in [-0.05, 0) is 6.42 Å². The summed E-state index contributed by atoms with van der Waals surface area (Å²) in [4.78, 5) is 10.3. The first-order chi connectivity index (χ1) is 4.81. The number of terminal acetylenes is 1. The Hall–Kier alpha value is -1.17. The highest BCUT2D eigenvalue weighted by atomic mass is 16.7. The van der Waals surface area contributed by atoms with Crippen molar-refractivity contribution in [3.63, 3.8) is 0 Å². The second kappa shape index (κ2) is 5.96. The van der Waals surface area contributed by atoms with Gasteiger partial charge in [0, 0.05) is 0 Å². The van der Waals surface area contributed by atoms with E-state index in [4.69, 9.17) is 0 Å². The number of hydrogen-bond acceptors (Lipinski definition) is 3. The highest BCUT2D eigenvalue weighted by molar-refractivity contribution is 5.61. The predicted molar refractivity (Wildman–Crippen MR) is 36.2 cm³/mol. The van der Waals surface area contributed by atoms with Gasteiger partial charge in [0.1, 0.15) is 6.11 Å². The summed E-state index contributed by atoms with van der Waals surface area (Å²) in [5, 5.41) is 0. The van der Waals surface area contributed by atoms with Crippen LogP contribution in [0.1, 0.15) is 19.8 Å². The zero-order chi connectivity index (χ0) is 7.82. The molecule has 0 spiro atoms. The zero-order valence-electron chi connectivity index (χ0n) is 5.92. The first-order valence-corrected chi connectivity index (χ1v) is 3.10. The molecule has 56 valence electrons. The van der Waals surface area contributed by atoms with Gasteiger partial charge in [0.15, 0.2) is 0 Å². The van der Waals surface area contributed by atoms with Crippen molar-refractivity contribution in [1.82, 2.24) is 0 Å².